The molecule has 1 heterocycles. The predicted molar refractivity (Wildman–Crippen MR) is 83.1 cm³/mol. The number of carboxylic acid groups (broad SMARTS) is 1. The first-order chi connectivity index (χ1) is 11.5. The highest BCUT2D eigenvalue weighted by atomic mass is 19.3. The van der Waals surface area contributed by atoms with Crippen LogP contribution in [0.25, 0.3) is 0 Å². The molecule has 0 fully saturated rings. The van der Waals surface area contributed by atoms with Crippen molar-refractivity contribution in [2.45, 2.75) is 31.9 Å². The van der Waals surface area contributed by atoms with Gasteiger partial charge in [-0.3, -0.25) is 4.79 Å². The number of hydrogen-bond donors (Lipinski definition) is 2. The number of carboxylic acids is 1. The van der Waals surface area contributed by atoms with Crippen LogP contribution in [0.3, 0.4) is 0 Å². The van der Waals surface area contributed by atoms with Crippen molar-refractivity contribution in [3.05, 3.63) is 48.3 Å². The lowest BCUT2D eigenvalue weighted by atomic mass is 10.0. The molecule has 0 amide bonds. The van der Waals surface area contributed by atoms with Gasteiger partial charge in [-0.25, -0.2) is 9.97 Å². The van der Waals surface area contributed by atoms with Crippen LogP contribution in [0.4, 0.5) is 14.6 Å². The number of nitrogens with one attached hydrogen (secondary N) is 1. The summed E-state index contributed by atoms with van der Waals surface area (Å²) < 4.78 is 29.2. The summed E-state index contributed by atoms with van der Waals surface area (Å²) in [5.74, 6) is -1.19. The Morgan fingerprint density at radius 2 is 1.92 bits per heavy atom. The van der Waals surface area contributed by atoms with E-state index in [1.807, 2.05) is 30.3 Å². The number of halogens is 2. The Bertz CT molecular complexity index is 656. The fourth-order valence-corrected chi connectivity index (χ4v) is 2.21. The van der Waals surface area contributed by atoms with Crippen molar-refractivity contribution in [2.24, 2.45) is 0 Å². The molecule has 1 aromatic carbocycles. The van der Waals surface area contributed by atoms with Crippen molar-refractivity contribution >= 4 is 11.8 Å². The average Bonchev–Trinajstić information content (AvgIpc) is 2.55. The first-order valence-electron chi connectivity index (χ1n) is 7.32. The highest BCUT2D eigenvalue weighted by Crippen LogP contribution is 2.22. The molecule has 2 N–H and O–H groups in total. The Morgan fingerprint density at radius 1 is 1.21 bits per heavy atom. The minimum Gasteiger partial charge on any atom is -0.481 e. The Morgan fingerprint density at radius 3 is 2.58 bits per heavy atom. The van der Waals surface area contributed by atoms with E-state index in [0.29, 0.717) is 12.8 Å². The van der Waals surface area contributed by atoms with Crippen molar-refractivity contribution in [1.29, 1.82) is 0 Å². The van der Waals surface area contributed by atoms with E-state index in [1.54, 1.807) is 0 Å². The van der Waals surface area contributed by atoms with Gasteiger partial charge in [-0.15, -0.1) is 0 Å². The van der Waals surface area contributed by atoms with E-state index in [-0.39, 0.29) is 24.2 Å². The van der Waals surface area contributed by atoms with Gasteiger partial charge in [-0.2, -0.15) is 8.78 Å². The number of alkyl halides is 2. The van der Waals surface area contributed by atoms with E-state index in [0.717, 1.165) is 5.56 Å². The van der Waals surface area contributed by atoms with Gasteiger partial charge in [-0.05, 0) is 18.4 Å². The van der Waals surface area contributed by atoms with Gasteiger partial charge in [0, 0.05) is 24.9 Å². The Labute approximate surface area is 137 Å². The molecule has 0 aliphatic rings. The van der Waals surface area contributed by atoms with Gasteiger partial charge in [0.15, 0.2) is 5.82 Å². The number of ether oxygens (including phenoxy) is 1. The van der Waals surface area contributed by atoms with Crippen molar-refractivity contribution < 1.29 is 23.4 Å². The quantitative estimate of drug-likeness (QED) is 0.732. The van der Waals surface area contributed by atoms with Gasteiger partial charge >= 0.3 is 12.6 Å². The molecular weight excluding hydrogens is 320 g/mol. The summed E-state index contributed by atoms with van der Waals surface area (Å²) in [6, 6.07) is 9.11. The lowest BCUT2D eigenvalue weighted by Crippen LogP contribution is -2.25. The molecule has 1 unspecified atom stereocenters. The van der Waals surface area contributed by atoms with Crippen LogP contribution in [0.15, 0.2) is 42.7 Å². The zero-order valence-corrected chi connectivity index (χ0v) is 12.7. The summed E-state index contributed by atoms with van der Waals surface area (Å²) in [5.41, 5.74) is 0.987. The van der Waals surface area contributed by atoms with Gasteiger partial charge < -0.3 is 15.2 Å². The maximum atomic E-state index is 12.4. The number of rotatable bonds is 9. The van der Waals surface area contributed by atoms with Gasteiger partial charge in [0.05, 0.1) is 0 Å². The second-order valence-electron chi connectivity index (χ2n) is 5.05. The van der Waals surface area contributed by atoms with Crippen LogP contribution in [0.5, 0.6) is 5.88 Å². The highest BCUT2D eigenvalue weighted by Gasteiger charge is 2.17. The van der Waals surface area contributed by atoms with Crippen LogP contribution in [-0.2, 0) is 11.2 Å². The molecule has 0 saturated carbocycles. The predicted octanol–water partition coefficient (Wildman–Crippen LogP) is 2.97. The number of anilines is 1. The third-order valence-electron chi connectivity index (χ3n) is 3.24. The van der Waals surface area contributed by atoms with E-state index in [9.17, 15) is 13.6 Å². The molecule has 1 aromatic heterocycles. The average molecular weight is 337 g/mol. The SMILES string of the molecule is O=C(O)CCC(Cc1ccccc1)Nc1nccnc1OC(F)F. The van der Waals surface area contributed by atoms with Gasteiger partial charge in [0.2, 0.25) is 0 Å². The summed E-state index contributed by atoms with van der Waals surface area (Å²) in [6.07, 6.45) is 3.34. The molecule has 24 heavy (non-hydrogen) atoms. The maximum Gasteiger partial charge on any atom is 0.388 e. The van der Waals surface area contributed by atoms with Gasteiger partial charge in [0.1, 0.15) is 0 Å². The van der Waals surface area contributed by atoms with E-state index in [4.69, 9.17) is 5.11 Å². The molecule has 0 bridgehead atoms. The molecule has 0 aliphatic carbocycles. The fourth-order valence-electron chi connectivity index (χ4n) is 2.21. The zero-order chi connectivity index (χ0) is 17.4. The normalized spacial score (nSPS) is 12.0. The summed E-state index contributed by atoms with van der Waals surface area (Å²) >= 11 is 0. The zero-order valence-electron chi connectivity index (χ0n) is 12.7. The van der Waals surface area contributed by atoms with E-state index in [2.05, 4.69) is 20.0 Å². The number of carbonyl (C=O) groups is 1. The monoisotopic (exact) mass is 337 g/mol. The third-order valence-corrected chi connectivity index (χ3v) is 3.24. The van der Waals surface area contributed by atoms with E-state index in [1.165, 1.54) is 12.4 Å². The van der Waals surface area contributed by atoms with Crippen molar-refractivity contribution in [3.8, 4) is 5.88 Å². The maximum absolute atomic E-state index is 12.4. The van der Waals surface area contributed by atoms with Crippen LogP contribution in [0.2, 0.25) is 0 Å². The van der Waals surface area contributed by atoms with Crippen molar-refractivity contribution in [1.82, 2.24) is 9.97 Å². The Balaban J connectivity index is 2.13. The molecule has 6 nitrogen and oxygen atoms in total. The van der Waals surface area contributed by atoms with Crippen LogP contribution in [-0.4, -0.2) is 33.7 Å². The van der Waals surface area contributed by atoms with Crippen LogP contribution in [0, 0.1) is 0 Å². The Kier molecular flexibility index (Phi) is 6.41. The number of aliphatic carboxylic acids is 1. The van der Waals surface area contributed by atoms with Gasteiger partial charge in [0.25, 0.3) is 5.88 Å². The van der Waals surface area contributed by atoms with Crippen LogP contribution < -0.4 is 10.1 Å². The largest absolute Gasteiger partial charge is 0.481 e. The summed E-state index contributed by atoms with van der Waals surface area (Å²) in [7, 11) is 0. The number of benzene rings is 1. The number of nitrogens with zero attached hydrogens (tertiary/aromatic N) is 2. The molecular formula is C16H17F2N3O3. The molecule has 0 radical (unpaired) electrons. The first-order valence-corrected chi connectivity index (χ1v) is 7.32. The smallest absolute Gasteiger partial charge is 0.388 e. The topological polar surface area (TPSA) is 84.3 Å². The molecule has 2 rings (SSSR count). The lowest BCUT2D eigenvalue weighted by molar-refractivity contribution is -0.137. The molecule has 0 saturated heterocycles. The second kappa shape index (κ2) is 8.76. The summed E-state index contributed by atoms with van der Waals surface area (Å²) in [6.45, 7) is -3.02. The summed E-state index contributed by atoms with van der Waals surface area (Å²) in [5, 5.41) is 11.9. The molecule has 0 spiro atoms. The minimum atomic E-state index is -3.02. The van der Waals surface area contributed by atoms with E-state index >= 15 is 0 Å². The number of hydrogen-bond acceptors (Lipinski definition) is 5. The minimum absolute atomic E-state index is 0.0594. The molecule has 0 aliphatic heterocycles. The Hall–Kier alpha value is -2.77. The molecule has 8 heteroatoms. The molecule has 1 atom stereocenters. The molecule has 2 aromatic rings. The standard InChI is InChI=1S/C16H17F2N3O3/c17-16(18)24-15-14(19-8-9-20-15)21-12(6-7-13(22)23)10-11-4-2-1-3-5-11/h1-5,8-9,12,16H,6-7,10H2,(H,19,21)(H,22,23). The second-order valence-corrected chi connectivity index (χ2v) is 5.05. The highest BCUT2D eigenvalue weighted by molar-refractivity contribution is 5.66. The first kappa shape index (κ1) is 17.6. The molecule has 128 valence electrons. The van der Waals surface area contributed by atoms with Crippen LogP contribution in [0.1, 0.15) is 18.4 Å². The van der Waals surface area contributed by atoms with Crippen LogP contribution >= 0.6 is 0 Å². The third kappa shape index (κ3) is 5.79. The number of aromatic nitrogens is 2. The van der Waals surface area contributed by atoms with Crippen molar-refractivity contribution in [3.63, 3.8) is 0 Å². The van der Waals surface area contributed by atoms with E-state index < -0.39 is 12.6 Å². The van der Waals surface area contributed by atoms with Gasteiger partial charge in [-0.1, -0.05) is 30.3 Å². The van der Waals surface area contributed by atoms with Crippen molar-refractivity contribution in [2.75, 3.05) is 5.32 Å². The summed E-state index contributed by atoms with van der Waals surface area (Å²) in [4.78, 5) is 18.5. The fraction of sp³-hybridized carbons (Fsp3) is 0.312. The lowest BCUT2D eigenvalue weighted by Gasteiger charge is -2.20.